The monoisotopic (exact) mass is 273 g/mol. The molecule has 1 aliphatic rings. The summed E-state index contributed by atoms with van der Waals surface area (Å²) in [5.41, 5.74) is 2.69. The summed E-state index contributed by atoms with van der Waals surface area (Å²) in [4.78, 5) is 2.49. The molecule has 1 aliphatic heterocycles. The van der Waals surface area contributed by atoms with Crippen LogP contribution in [-0.4, -0.2) is 29.6 Å². The molecule has 2 heteroatoms. The minimum atomic E-state index is 0.183. The maximum Gasteiger partial charge on any atom is 0.115 e. The smallest absolute Gasteiger partial charge is 0.115 e. The second-order valence-corrected chi connectivity index (χ2v) is 6.85. The maximum absolute atomic E-state index is 9.81. The van der Waals surface area contributed by atoms with E-state index in [-0.39, 0.29) is 5.41 Å². The number of rotatable bonds is 5. The first kappa shape index (κ1) is 15.1. The Balaban J connectivity index is 2.26. The van der Waals surface area contributed by atoms with E-state index in [9.17, 15) is 5.11 Å². The molecule has 1 saturated heterocycles. The molecule has 20 heavy (non-hydrogen) atoms. The van der Waals surface area contributed by atoms with Crippen molar-refractivity contribution in [1.29, 1.82) is 0 Å². The lowest BCUT2D eigenvalue weighted by Gasteiger charge is -2.32. The average molecular weight is 273 g/mol. The van der Waals surface area contributed by atoms with E-state index in [0.29, 0.717) is 11.7 Å². The van der Waals surface area contributed by atoms with Crippen LogP contribution in [0.5, 0.6) is 5.75 Å². The number of aromatic hydroxyl groups is 1. The van der Waals surface area contributed by atoms with E-state index in [0.717, 1.165) is 19.6 Å². The van der Waals surface area contributed by atoms with Gasteiger partial charge in [-0.25, -0.2) is 0 Å². The van der Waals surface area contributed by atoms with Crippen molar-refractivity contribution in [2.24, 2.45) is 5.92 Å². The molecule has 110 valence electrons. The molecule has 1 aromatic rings. The fraction of sp³-hybridized carbons (Fsp3) is 0.556. The SMILES string of the molecule is C=C(C)CN1CC[C@@](CC(C)C)(c2cccc(O)c2)C1. The van der Waals surface area contributed by atoms with Gasteiger partial charge in [-0.05, 0) is 49.9 Å². The lowest BCUT2D eigenvalue weighted by Crippen LogP contribution is -2.33. The first-order valence-corrected chi connectivity index (χ1v) is 7.57. The number of likely N-dealkylation sites (tertiary alicyclic amines) is 1. The van der Waals surface area contributed by atoms with Gasteiger partial charge < -0.3 is 5.11 Å². The molecular formula is C18H27NO. The van der Waals surface area contributed by atoms with Crippen molar-refractivity contribution < 1.29 is 5.11 Å². The van der Waals surface area contributed by atoms with Crippen LogP contribution in [0, 0.1) is 5.92 Å². The highest BCUT2D eigenvalue weighted by Crippen LogP contribution is 2.41. The minimum Gasteiger partial charge on any atom is -0.508 e. The number of nitrogens with zero attached hydrogens (tertiary/aromatic N) is 1. The number of phenolic OH excluding ortho intramolecular Hbond substituents is 1. The third kappa shape index (κ3) is 3.43. The van der Waals surface area contributed by atoms with Crippen LogP contribution in [-0.2, 0) is 5.41 Å². The van der Waals surface area contributed by atoms with Gasteiger partial charge in [0, 0.05) is 18.5 Å². The Labute approximate surface area is 123 Å². The molecule has 1 heterocycles. The summed E-state index contributed by atoms with van der Waals surface area (Å²) in [5.74, 6) is 1.03. The van der Waals surface area contributed by atoms with Gasteiger partial charge in [0.25, 0.3) is 0 Å². The molecule has 0 spiro atoms. The Morgan fingerprint density at radius 1 is 1.45 bits per heavy atom. The summed E-state index contributed by atoms with van der Waals surface area (Å²) < 4.78 is 0. The van der Waals surface area contributed by atoms with E-state index in [2.05, 4.69) is 38.3 Å². The molecule has 1 atom stereocenters. The highest BCUT2D eigenvalue weighted by molar-refractivity contribution is 5.34. The van der Waals surface area contributed by atoms with Crippen LogP contribution in [0.25, 0.3) is 0 Å². The van der Waals surface area contributed by atoms with E-state index in [4.69, 9.17) is 0 Å². The van der Waals surface area contributed by atoms with Gasteiger partial charge in [-0.15, -0.1) is 0 Å². The molecule has 0 saturated carbocycles. The van der Waals surface area contributed by atoms with Crippen molar-refractivity contribution in [1.82, 2.24) is 4.90 Å². The third-order valence-electron chi connectivity index (χ3n) is 4.18. The molecule has 2 nitrogen and oxygen atoms in total. The van der Waals surface area contributed by atoms with Crippen molar-refractivity contribution in [3.05, 3.63) is 42.0 Å². The Kier molecular flexibility index (Phi) is 4.54. The first-order chi connectivity index (χ1) is 9.41. The van der Waals surface area contributed by atoms with Crippen LogP contribution >= 0.6 is 0 Å². The van der Waals surface area contributed by atoms with Gasteiger partial charge in [0.15, 0.2) is 0 Å². The summed E-state index contributed by atoms with van der Waals surface area (Å²) in [7, 11) is 0. The molecule has 2 rings (SSSR count). The molecule has 1 aromatic carbocycles. The zero-order valence-electron chi connectivity index (χ0n) is 13.0. The zero-order chi connectivity index (χ0) is 14.8. The van der Waals surface area contributed by atoms with Crippen molar-refractivity contribution in [2.75, 3.05) is 19.6 Å². The molecule has 1 N–H and O–H groups in total. The number of hydrogen-bond acceptors (Lipinski definition) is 2. The number of hydrogen-bond donors (Lipinski definition) is 1. The van der Waals surface area contributed by atoms with Gasteiger partial charge >= 0.3 is 0 Å². The molecular weight excluding hydrogens is 246 g/mol. The molecule has 0 bridgehead atoms. The number of benzene rings is 1. The predicted molar refractivity (Wildman–Crippen MR) is 85.1 cm³/mol. The van der Waals surface area contributed by atoms with E-state index in [1.54, 1.807) is 6.07 Å². The second kappa shape index (κ2) is 6.01. The van der Waals surface area contributed by atoms with E-state index >= 15 is 0 Å². The molecule has 0 unspecified atom stereocenters. The Hall–Kier alpha value is -1.28. The highest BCUT2D eigenvalue weighted by Gasteiger charge is 2.39. The van der Waals surface area contributed by atoms with Crippen molar-refractivity contribution in [2.45, 2.75) is 39.0 Å². The Morgan fingerprint density at radius 3 is 2.80 bits per heavy atom. The zero-order valence-corrected chi connectivity index (χ0v) is 13.0. The topological polar surface area (TPSA) is 23.5 Å². The lowest BCUT2D eigenvalue weighted by atomic mass is 9.73. The number of phenols is 1. The first-order valence-electron chi connectivity index (χ1n) is 7.57. The highest BCUT2D eigenvalue weighted by atomic mass is 16.3. The van der Waals surface area contributed by atoms with Crippen LogP contribution in [0.4, 0.5) is 0 Å². The third-order valence-corrected chi connectivity index (χ3v) is 4.18. The largest absolute Gasteiger partial charge is 0.508 e. The summed E-state index contributed by atoms with van der Waals surface area (Å²) in [6.45, 7) is 13.9. The summed E-state index contributed by atoms with van der Waals surface area (Å²) >= 11 is 0. The average Bonchev–Trinajstić information content (AvgIpc) is 2.71. The molecule has 0 amide bonds. The van der Waals surface area contributed by atoms with Gasteiger partial charge in [0.1, 0.15) is 5.75 Å². The van der Waals surface area contributed by atoms with Crippen LogP contribution in [0.2, 0.25) is 0 Å². The Bertz CT molecular complexity index is 480. The summed E-state index contributed by atoms with van der Waals surface area (Å²) in [6, 6.07) is 7.85. The van der Waals surface area contributed by atoms with Crippen LogP contribution < -0.4 is 0 Å². The molecule has 0 aliphatic carbocycles. The van der Waals surface area contributed by atoms with Gasteiger partial charge in [-0.2, -0.15) is 0 Å². The normalized spacial score (nSPS) is 23.4. The second-order valence-electron chi connectivity index (χ2n) is 6.85. The van der Waals surface area contributed by atoms with E-state index in [1.807, 2.05) is 12.1 Å². The van der Waals surface area contributed by atoms with Crippen molar-refractivity contribution in [3.8, 4) is 5.75 Å². The standard InChI is InChI=1S/C18H27NO/c1-14(2)11-18(16-6-5-7-17(20)10-16)8-9-19(13-18)12-15(3)4/h5-7,10,14,20H,3,8-9,11-13H2,1-2,4H3/t18-/m0/s1. The quantitative estimate of drug-likeness (QED) is 0.821. The maximum atomic E-state index is 9.81. The summed E-state index contributed by atoms with van der Waals surface area (Å²) in [5, 5.41) is 9.81. The van der Waals surface area contributed by atoms with Gasteiger partial charge in [-0.3, -0.25) is 4.90 Å². The van der Waals surface area contributed by atoms with Crippen LogP contribution in [0.3, 0.4) is 0 Å². The van der Waals surface area contributed by atoms with Crippen LogP contribution in [0.15, 0.2) is 36.4 Å². The van der Waals surface area contributed by atoms with E-state index in [1.165, 1.54) is 24.0 Å². The van der Waals surface area contributed by atoms with Gasteiger partial charge in [0.05, 0.1) is 0 Å². The molecule has 1 fully saturated rings. The van der Waals surface area contributed by atoms with Crippen molar-refractivity contribution >= 4 is 0 Å². The van der Waals surface area contributed by atoms with Crippen molar-refractivity contribution in [3.63, 3.8) is 0 Å². The summed E-state index contributed by atoms with van der Waals surface area (Å²) in [6.07, 6.45) is 2.34. The minimum absolute atomic E-state index is 0.183. The van der Waals surface area contributed by atoms with Gasteiger partial charge in [-0.1, -0.05) is 38.1 Å². The predicted octanol–water partition coefficient (Wildman–Crippen LogP) is 3.96. The molecule has 0 radical (unpaired) electrons. The fourth-order valence-corrected chi connectivity index (χ4v) is 3.61. The Morgan fingerprint density at radius 2 is 2.20 bits per heavy atom. The van der Waals surface area contributed by atoms with Gasteiger partial charge in [0.2, 0.25) is 0 Å². The fourth-order valence-electron chi connectivity index (χ4n) is 3.61. The van der Waals surface area contributed by atoms with E-state index < -0.39 is 0 Å². The lowest BCUT2D eigenvalue weighted by molar-refractivity contribution is 0.301. The van der Waals surface area contributed by atoms with Crippen LogP contribution in [0.1, 0.15) is 39.2 Å². The molecule has 0 aromatic heterocycles.